The highest BCUT2D eigenvalue weighted by Crippen LogP contribution is 2.33. The number of anilines is 1. The molecule has 138 valence electrons. The van der Waals surface area contributed by atoms with Gasteiger partial charge in [-0.25, -0.2) is 0 Å². The lowest BCUT2D eigenvalue weighted by Gasteiger charge is -2.34. The third-order valence-corrected chi connectivity index (χ3v) is 6.02. The predicted octanol–water partition coefficient (Wildman–Crippen LogP) is 3.69. The van der Waals surface area contributed by atoms with Crippen LogP contribution in [0.15, 0.2) is 24.3 Å². The fourth-order valence-electron chi connectivity index (χ4n) is 3.74. The summed E-state index contributed by atoms with van der Waals surface area (Å²) >= 11 is 0. The van der Waals surface area contributed by atoms with Crippen LogP contribution in [0.3, 0.4) is 0 Å². The maximum Gasteiger partial charge on any atom is 0.254 e. The van der Waals surface area contributed by atoms with Gasteiger partial charge in [-0.2, -0.15) is 0 Å². The number of piperidine rings is 1. The molecule has 0 bridgehead atoms. The average Bonchev–Trinajstić information content (AvgIpc) is 3.46. The van der Waals surface area contributed by atoms with Crippen molar-refractivity contribution in [2.75, 3.05) is 18.0 Å². The number of carbonyl (C=O) groups excluding carboxylic acids is 1. The fraction of sp³-hybridized carbons (Fsp3) is 0.667. The first kappa shape index (κ1) is 18.2. The quantitative estimate of drug-likeness (QED) is 0.856. The van der Waals surface area contributed by atoms with Crippen molar-refractivity contribution in [1.82, 2.24) is 4.90 Å². The molecule has 4 nitrogen and oxygen atoms in total. The Morgan fingerprint density at radius 1 is 1.16 bits per heavy atom. The van der Waals surface area contributed by atoms with Gasteiger partial charge in [-0.3, -0.25) is 4.79 Å². The molecule has 1 amide bonds. The molecule has 1 saturated heterocycles. The predicted molar refractivity (Wildman–Crippen MR) is 102 cm³/mol. The number of aliphatic hydroxyl groups excluding tert-OH is 1. The van der Waals surface area contributed by atoms with Crippen LogP contribution in [0.2, 0.25) is 0 Å². The Bertz CT molecular complexity index is 574. The fourth-order valence-corrected chi connectivity index (χ4v) is 3.74. The summed E-state index contributed by atoms with van der Waals surface area (Å²) in [5, 5.41) is 9.65. The van der Waals surface area contributed by atoms with Crippen LogP contribution in [0.1, 0.15) is 63.2 Å². The van der Waals surface area contributed by atoms with Gasteiger partial charge in [-0.15, -0.1) is 0 Å². The van der Waals surface area contributed by atoms with Gasteiger partial charge in [0.15, 0.2) is 0 Å². The number of hydrogen-bond acceptors (Lipinski definition) is 3. The lowest BCUT2D eigenvalue weighted by atomic mass is 9.98. The van der Waals surface area contributed by atoms with Crippen LogP contribution in [-0.2, 0) is 0 Å². The number of rotatable bonds is 6. The van der Waals surface area contributed by atoms with Gasteiger partial charge in [0.05, 0.1) is 6.10 Å². The first-order valence-electron chi connectivity index (χ1n) is 9.87. The van der Waals surface area contributed by atoms with Gasteiger partial charge in [0.25, 0.3) is 5.91 Å². The van der Waals surface area contributed by atoms with E-state index in [4.69, 9.17) is 0 Å². The molecule has 1 aromatic carbocycles. The number of amides is 1. The molecular formula is C21H32N2O2. The summed E-state index contributed by atoms with van der Waals surface area (Å²) in [6.07, 6.45) is 4.86. The van der Waals surface area contributed by atoms with E-state index in [1.54, 1.807) is 0 Å². The monoisotopic (exact) mass is 344 g/mol. The maximum atomic E-state index is 13.1. The molecule has 4 heteroatoms. The molecule has 1 saturated carbocycles. The van der Waals surface area contributed by atoms with Gasteiger partial charge in [0.2, 0.25) is 0 Å². The molecule has 0 spiro atoms. The van der Waals surface area contributed by atoms with E-state index in [-0.39, 0.29) is 18.1 Å². The molecule has 1 aliphatic heterocycles. The summed E-state index contributed by atoms with van der Waals surface area (Å²) in [7, 11) is 0. The van der Waals surface area contributed by atoms with Crippen LogP contribution < -0.4 is 4.90 Å². The molecule has 3 rings (SSSR count). The summed E-state index contributed by atoms with van der Waals surface area (Å²) < 4.78 is 0. The van der Waals surface area contributed by atoms with Gasteiger partial charge >= 0.3 is 0 Å². The molecule has 2 unspecified atom stereocenters. The second kappa shape index (κ2) is 7.77. The van der Waals surface area contributed by atoms with Crippen LogP contribution in [0, 0.1) is 5.92 Å². The second-order valence-electron chi connectivity index (χ2n) is 7.83. The van der Waals surface area contributed by atoms with E-state index in [2.05, 4.69) is 42.7 Å². The van der Waals surface area contributed by atoms with E-state index in [0.29, 0.717) is 12.0 Å². The number of carbonyl (C=O) groups is 1. The van der Waals surface area contributed by atoms with E-state index < -0.39 is 0 Å². The lowest BCUT2D eigenvalue weighted by Crippen LogP contribution is -2.43. The first-order chi connectivity index (χ1) is 12.0. The Morgan fingerprint density at radius 2 is 1.76 bits per heavy atom. The Kier molecular flexibility index (Phi) is 5.67. The SMILES string of the molecule is CCC(C)C(C)N(C(=O)c1ccc(N2CCC(O)CC2)cc1)C1CC1. The summed E-state index contributed by atoms with van der Waals surface area (Å²) in [4.78, 5) is 17.5. The van der Waals surface area contributed by atoms with Crippen molar-refractivity contribution < 1.29 is 9.90 Å². The van der Waals surface area contributed by atoms with Crippen molar-refractivity contribution in [2.45, 2.75) is 71.1 Å². The van der Waals surface area contributed by atoms with Gasteiger partial charge in [-0.1, -0.05) is 20.3 Å². The first-order valence-corrected chi connectivity index (χ1v) is 9.87. The van der Waals surface area contributed by atoms with Crippen LogP contribution in [0.5, 0.6) is 0 Å². The Balaban J connectivity index is 1.71. The van der Waals surface area contributed by atoms with Crippen molar-refractivity contribution in [3.05, 3.63) is 29.8 Å². The highest BCUT2D eigenvalue weighted by molar-refractivity contribution is 5.95. The van der Waals surface area contributed by atoms with E-state index in [0.717, 1.165) is 56.4 Å². The highest BCUT2D eigenvalue weighted by Gasteiger charge is 2.37. The number of benzene rings is 1. The van der Waals surface area contributed by atoms with Crippen molar-refractivity contribution in [1.29, 1.82) is 0 Å². The lowest BCUT2D eigenvalue weighted by molar-refractivity contribution is 0.0616. The van der Waals surface area contributed by atoms with Crippen LogP contribution in [0.4, 0.5) is 5.69 Å². The Labute approximate surface area is 151 Å². The summed E-state index contributed by atoms with van der Waals surface area (Å²) in [5.41, 5.74) is 1.94. The van der Waals surface area contributed by atoms with Gasteiger partial charge in [0, 0.05) is 36.4 Å². The zero-order valence-corrected chi connectivity index (χ0v) is 15.8. The number of aliphatic hydroxyl groups is 1. The minimum Gasteiger partial charge on any atom is -0.393 e. The Morgan fingerprint density at radius 3 is 2.28 bits per heavy atom. The van der Waals surface area contributed by atoms with Crippen molar-refractivity contribution in [3.8, 4) is 0 Å². The minimum absolute atomic E-state index is 0.161. The molecule has 1 aliphatic carbocycles. The summed E-state index contributed by atoms with van der Waals surface area (Å²) in [6, 6.07) is 8.78. The van der Waals surface area contributed by atoms with Crippen molar-refractivity contribution >= 4 is 11.6 Å². The molecule has 2 atom stereocenters. The zero-order valence-electron chi connectivity index (χ0n) is 15.8. The second-order valence-corrected chi connectivity index (χ2v) is 7.83. The van der Waals surface area contributed by atoms with Crippen LogP contribution in [-0.4, -0.2) is 47.2 Å². The molecule has 1 aromatic rings. The molecular weight excluding hydrogens is 312 g/mol. The highest BCUT2D eigenvalue weighted by atomic mass is 16.3. The van der Waals surface area contributed by atoms with Crippen molar-refractivity contribution in [3.63, 3.8) is 0 Å². The maximum absolute atomic E-state index is 13.1. The smallest absolute Gasteiger partial charge is 0.254 e. The minimum atomic E-state index is -0.161. The largest absolute Gasteiger partial charge is 0.393 e. The molecule has 25 heavy (non-hydrogen) atoms. The van der Waals surface area contributed by atoms with Crippen LogP contribution in [0.25, 0.3) is 0 Å². The van der Waals surface area contributed by atoms with Crippen molar-refractivity contribution in [2.24, 2.45) is 5.92 Å². The Hall–Kier alpha value is -1.55. The number of nitrogens with zero attached hydrogens (tertiary/aromatic N) is 2. The van der Waals surface area contributed by atoms with E-state index in [1.807, 2.05) is 12.1 Å². The third kappa shape index (κ3) is 4.17. The molecule has 0 aromatic heterocycles. The van der Waals surface area contributed by atoms with E-state index in [1.165, 1.54) is 0 Å². The van der Waals surface area contributed by atoms with Crippen LogP contribution >= 0.6 is 0 Å². The topological polar surface area (TPSA) is 43.8 Å². The molecule has 2 fully saturated rings. The van der Waals surface area contributed by atoms with Gasteiger partial charge in [-0.05, 0) is 62.8 Å². The molecule has 0 radical (unpaired) electrons. The van der Waals surface area contributed by atoms with Gasteiger partial charge < -0.3 is 14.9 Å². The normalized spacial score (nSPS) is 21.0. The van der Waals surface area contributed by atoms with E-state index in [9.17, 15) is 9.90 Å². The van der Waals surface area contributed by atoms with Gasteiger partial charge in [0.1, 0.15) is 0 Å². The molecule has 1 N–H and O–H groups in total. The molecule has 1 heterocycles. The molecule has 2 aliphatic rings. The summed E-state index contributed by atoms with van der Waals surface area (Å²) in [5.74, 6) is 0.694. The zero-order chi connectivity index (χ0) is 18.0. The summed E-state index contributed by atoms with van der Waals surface area (Å²) in [6.45, 7) is 8.39. The average molecular weight is 344 g/mol. The van der Waals surface area contributed by atoms with E-state index >= 15 is 0 Å². The third-order valence-electron chi connectivity index (χ3n) is 6.02. The number of hydrogen-bond donors (Lipinski definition) is 1. The standard InChI is InChI=1S/C21H32N2O2/c1-4-15(2)16(3)23(19-9-10-19)21(25)17-5-7-18(8-6-17)22-13-11-20(24)12-14-22/h5-8,15-16,19-20,24H,4,9-14H2,1-3H3.